The molecule has 1 amide bonds. The highest BCUT2D eigenvalue weighted by Gasteiger charge is 2.34. The van der Waals surface area contributed by atoms with Crippen molar-refractivity contribution in [2.45, 2.75) is 51.7 Å². The number of aryl methyl sites for hydroxylation is 1. The fourth-order valence-electron chi connectivity index (χ4n) is 4.52. The summed E-state index contributed by atoms with van der Waals surface area (Å²) in [7, 11) is 1.58. The van der Waals surface area contributed by atoms with Gasteiger partial charge in [-0.2, -0.15) is 0 Å². The number of pyridine rings is 1. The zero-order valence-electron chi connectivity index (χ0n) is 20.9. The van der Waals surface area contributed by atoms with Gasteiger partial charge >= 0.3 is 12.1 Å². The highest BCUT2D eigenvalue weighted by atomic mass is 16.6. The Morgan fingerprint density at radius 2 is 1.60 bits per heavy atom. The number of fused-ring (bicyclic) bond motifs is 3. The van der Waals surface area contributed by atoms with Crippen LogP contribution in [-0.2, 0) is 20.7 Å². The third-order valence-electron chi connectivity index (χ3n) is 6.13. The molecule has 6 nitrogen and oxygen atoms in total. The van der Waals surface area contributed by atoms with Crippen LogP contribution in [-0.4, -0.2) is 47.2 Å². The van der Waals surface area contributed by atoms with Crippen molar-refractivity contribution in [3.8, 4) is 11.1 Å². The van der Waals surface area contributed by atoms with Crippen molar-refractivity contribution in [1.29, 1.82) is 0 Å². The van der Waals surface area contributed by atoms with Crippen molar-refractivity contribution >= 4 is 12.1 Å². The summed E-state index contributed by atoms with van der Waals surface area (Å²) in [5, 5.41) is 0. The normalized spacial score (nSPS) is 13.5. The second-order valence-electron chi connectivity index (χ2n) is 10.0. The third-order valence-corrected chi connectivity index (χ3v) is 6.13. The maximum Gasteiger partial charge on any atom is 0.410 e. The summed E-state index contributed by atoms with van der Waals surface area (Å²) in [5.74, 6) is -0.532. The number of likely N-dealkylation sites (N-methyl/N-ethyl adjacent to an activating group) is 1. The van der Waals surface area contributed by atoms with Crippen LogP contribution in [0.3, 0.4) is 0 Å². The van der Waals surface area contributed by atoms with Crippen molar-refractivity contribution in [2.24, 2.45) is 0 Å². The molecule has 1 aliphatic carbocycles. The molecular weight excluding hydrogens is 440 g/mol. The highest BCUT2D eigenvalue weighted by molar-refractivity contribution is 5.82. The van der Waals surface area contributed by atoms with E-state index in [1.165, 1.54) is 4.90 Å². The molecule has 1 atom stereocenters. The first kappa shape index (κ1) is 24.5. The molecule has 1 aromatic heterocycles. The smallest absolute Gasteiger partial charge is 0.410 e. The van der Waals surface area contributed by atoms with E-state index in [4.69, 9.17) is 9.47 Å². The number of amides is 1. The van der Waals surface area contributed by atoms with Gasteiger partial charge in [0.25, 0.3) is 0 Å². The molecule has 1 aliphatic rings. The molecule has 0 spiro atoms. The summed E-state index contributed by atoms with van der Waals surface area (Å²) < 4.78 is 11.4. The number of carbonyl (C=O) groups excluding carboxylic acids is 2. The molecule has 0 unspecified atom stereocenters. The van der Waals surface area contributed by atoms with E-state index < -0.39 is 23.7 Å². The summed E-state index contributed by atoms with van der Waals surface area (Å²) in [4.78, 5) is 31.8. The first-order chi connectivity index (χ1) is 16.6. The summed E-state index contributed by atoms with van der Waals surface area (Å²) in [6.45, 7) is 7.55. The van der Waals surface area contributed by atoms with Crippen molar-refractivity contribution in [2.75, 3.05) is 13.7 Å². The van der Waals surface area contributed by atoms with Gasteiger partial charge in [-0.15, -0.1) is 0 Å². The lowest BCUT2D eigenvalue weighted by atomic mass is 9.98. The van der Waals surface area contributed by atoms with E-state index in [1.807, 2.05) is 58.0 Å². The SMILES string of the molecule is Cc1cncc(C[C@@H](C(=O)OC(C)(C)C)N(C)C(=O)OCC2c3ccccc3-c3ccccc32)c1. The van der Waals surface area contributed by atoms with Gasteiger partial charge in [0.05, 0.1) is 0 Å². The molecule has 6 heteroatoms. The third kappa shape index (κ3) is 5.53. The molecule has 1 heterocycles. The molecule has 0 aliphatic heterocycles. The largest absolute Gasteiger partial charge is 0.458 e. The highest BCUT2D eigenvalue weighted by Crippen LogP contribution is 2.44. The predicted molar refractivity (Wildman–Crippen MR) is 135 cm³/mol. The Labute approximate surface area is 206 Å². The van der Waals surface area contributed by atoms with E-state index in [2.05, 4.69) is 29.2 Å². The Balaban J connectivity index is 1.52. The molecule has 182 valence electrons. The minimum Gasteiger partial charge on any atom is -0.458 e. The van der Waals surface area contributed by atoms with Crippen LogP contribution in [0.2, 0.25) is 0 Å². The van der Waals surface area contributed by atoms with Crippen molar-refractivity contribution < 1.29 is 19.1 Å². The van der Waals surface area contributed by atoms with Gasteiger partial charge in [-0.3, -0.25) is 9.88 Å². The number of aromatic nitrogens is 1. The number of rotatable bonds is 6. The van der Waals surface area contributed by atoms with Gasteiger partial charge in [0.15, 0.2) is 0 Å². The molecule has 0 bridgehead atoms. The topological polar surface area (TPSA) is 68.7 Å². The Kier molecular flexibility index (Phi) is 6.92. The number of hydrogen-bond acceptors (Lipinski definition) is 5. The van der Waals surface area contributed by atoms with E-state index in [1.54, 1.807) is 19.4 Å². The van der Waals surface area contributed by atoms with Crippen LogP contribution in [0, 0.1) is 6.92 Å². The van der Waals surface area contributed by atoms with E-state index >= 15 is 0 Å². The zero-order chi connectivity index (χ0) is 25.2. The average Bonchev–Trinajstić information content (AvgIpc) is 3.13. The Bertz CT molecular complexity index is 1190. The standard InChI is InChI=1S/C29H32N2O4/c1-19-14-20(17-30-16-19)15-26(27(32)35-29(2,3)4)31(5)28(33)34-18-25-23-12-8-6-10-21(23)22-11-7-9-13-24(22)25/h6-14,16-17,25-26H,15,18H2,1-5H3/t26-/m0/s1. The Morgan fingerprint density at radius 3 is 2.17 bits per heavy atom. The van der Waals surface area contributed by atoms with Crippen molar-refractivity contribution in [1.82, 2.24) is 9.88 Å². The monoisotopic (exact) mass is 472 g/mol. The van der Waals surface area contributed by atoms with E-state index in [-0.39, 0.29) is 18.9 Å². The van der Waals surface area contributed by atoms with Crippen molar-refractivity contribution in [3.05, 3.63) is 89.2 Å². The Hall–Kier alpha value is -3.67. The van der Waals surface area contributed by atoms with Crippen LogP contribution < -0.4 is 0 Å². The number of esters is 1. The maximum atomic E-state index is 13.2. The van der Waals surface area contributed by atoms with E-state index in [0.717, 1.165) is 33.4 Å². The molecular formula is C29H32N2O4. The first-order valence-electron chi connectivity index (χ1n) is 11.9. The fraction of sp³-hybridized carbons (Fsp3) is 0.345. The number of benzene rings is 2. The number of hydrogen-bond donors (Lipinski definition) is 0. The van der Waals surface area contributed by atoms with E-state index in [9.17, 15) is 9.59 Å². The molecule has 0 saturated heterocycles. The van der Waals surface area contributed by atoms with Gasteiger partial charge in [-0.25, -0.2) is 9.59 Å². The summed E-state index contributed by atoms with van der Waals surface area (Å²) in [6, 6.07) is 17.5. The molecule has 35 heavy (non-hydrogen) atoms. The van der Waals surface area contributed by atoms with Gasteiger partial charge in [0.1, 0.15) is 18.2 Å². The number of carbonyl (C=O) groups is 2. The quantitative estimate of drug-likeness (QED) is 0.442. The van der Waals surface area contributed by atoms with Gasteiger partial charge in [0.2, 0.25) is 0 Å². The summed E-state index contributed by atoms with van der Waals surface area (Å²) >= 11 is 0. The molecule has 3 aromatic rings. The van der Waals surface area contributed by atoms with Crippen LogP contribution in [0.1, 0.15) is 48.9 Å². The minimum atomic E-state index is -0.839. The van der Waals surface area contributed by atoms with Crippen LogP contribution >= 0.6 is 0 Å². The van der Waals surface area contributed by atoms with Crippen LogP contribution in [0.4, 0.5) is 4.79 Å². The molecule has 4 rings (SSSR count). The van der Waals surface area contributed by atoms with Crippen molar-refractivity contribution in [3.63, 3.8) is 0 Å². The maximum absolute atomic E-state index is 13.2. The zero-order valence-corrected chi connectivity index (χ0v) is 20.9. The second kappa shape index (κ2) is 9.90. The minimum absolute atomic E-state index is 0.0549. The van der Waals surface area contributed by atoms with Gasteiger partial charge in [-0.05, 0) is 61.1 Å². The Morgan fingerprint density at radius 1 is 1.00 bits per heavy atom. The number of ether oxygens (including phenoxy) is 2. The van der Waals surface area contributed by atoms with Crippen LogP contribution in [0.5, 0.6) is 0 Å². The van der Waals surface area contributed by atoms with Crippen LogP contribution in [0.15, 0.2) is 67.0 Å². The average molecular weight is 473 g/mol. The number of nitrogens with zero attached hydrogens (tertiary/aromatic N) is 2. The molecule has 0 fully saturated rings. The van der Waals surface area contributed by atoms with Gasteiger partial charge < -0.3 is 9.47 Å². The summed E-state index contributed by atoms with van der Waals surface area (Å²) in [6.07, 6.45) is 3.17. The lowest BCUT2D eigenvalue weighted by Gasteiger charge is -2.30. The molecule has 2 aromatic carbocycles. The predicted octanol–water partition coefficient (Wildman–Crippen LogP) is 5.52. The molecule has 0 N–H and O–H groups in total. The second-order valence-corrected chi connectivity index (χ2v) is 10.0. The molecule has 0 saturated carbocycles. The van der Waals surface area contributed by atoms with Gasteiger partial charge in [0, 0.05) is 31.8 Å². The first-order valence-corrected chi connectivity index (χ1v) is 11.9. The van der Waals surface area contributed by atoms with Crippen LogP contribution in [0.25, 0.3) is 11.1 Å². The fourth-order valence-corrected chi connectivity index (χ4v) is 4.52. The lowest BCUT2D eigenvalue weighted by Crippen LogP contribution is -2.47. The van der Waals surface area contributed by atoms with E-state index in [0.29, 0.717) is 0 Å². The molecule has 0 radical (unpaired) electrons. The summed E-state index contributed by atoms with van der Waals surface area (Å²) in [5.41, 5.74) is 5.75. The van der Waals surface area contributed by atoms with Gasteiger partial charge in [-0.1, -0.05) is 54.6 Å². The lowest BCUT2D eigenvalue weighted by molar-refractivity contribution is -0.160.